The van der Waals surface area contributed by atoms with Crippen LogP contribution in [0.15, 0.2) is 0 Å². The van der Waals surface area contributed by atoms with Gasteiger partial charge in [0.15, 0.2) is 0 Å². The third-order valence-electron chi connectivity index (χ3n) is 4.68. The monoisotopic (exact) mass is 282 g/mol. The summed E-state index contributed by atoms with van der Waals surface area (Å²) in [5, 5.41) is 0. The molecule has 1 atom stereocenters. The van der Waals surface area contributed by atoms with Gasteiger partial charge >= 0.3 is 0 Å². The Balaban J connectivity index is 1.58. The van der Waals surface area contributed by atoms with E-state index >= 15 is 0 Å². The van der Waals surface area contributed by atoms with E-state index < -0.39 is 0 Å². The van der Waals surface area contributed by atoms with Gasteiger partial charge in [-0.05, 0) is 38.1 Å². The maximum atomic E-state index is 12.5. The molecule has 0 aromatic carbocycles. The Morgan fingerprint density at radius 2 is 1.89 bits per heavy atom. The SMILES string of the molecule is O=C1CC2(CCSC2)C(=O)N1CCN1CCCCC1. The zero-order valence-electron chi connectivity index (χ0n) is 11.4. The number of hydrogen-bond donors (Lipinski definition) is 0. The van der Waals surface area contributed by atoms with Gasteiger partial charge in [-0.25, -0.2) is 0 Å². The fraction of sp³-hybridized carbons (Fsp3) is 0.857. The summed E-state index contributed by atoms with van der Waals surface area (Å²) in [5.74, 6) is 2.04. The third-order valence-corrected chi connectivity index (χ3v) is 5.93. The van der Waals surface area contributed by atoms with Gasteiger partial charge in [-0.2, -0.15) is 11.8 Å². The molecule has 3 heterocycles. The van der Waals surface area contributed by atoms with Crippen molar-refractivity contribution in [3.8, 4) is 0 Å². The van der Waals surface area contributed by atoms with Crippen molar-refractivity contribution < 1.29 is 9.59 Å². The second-order valence-corrected chi connectivity index (χ2v) is 7.12. The fourth-order valence-electron chi connectivity index (χ4n) is 3.43. The summed E-state index contributed by atoms with van der Waals surface area (Å²) >= 11 is 1.81. The van der Waals surface area contributed by atoms with Gasteiger partial charge < -0.3 is 4.90 Å². The Hall–Kier alpha value is -0.550. The molecule has 0 aromatic rings. The van der Waals surface area contributed by atoms with Crippen LogP contribution in [-0.2, 0) is 9.59 Å². The van der Waals surface area contributed by atoms with Crippen LogP contribution in [0.5, 0.6) is 0 Å². The van der Waals surface area contributed by atoms with Crippen LogP contribution in [0, 0.1) is 5.41 Å². The van der Waals surface area contributed by atoms with E-state index in [1.165, 1.54) is 19.3 Å². The highest BCUT2D eigenvalue weighted by molar-refractivity contribution is 7.99. The molecule has 0 aliphatic carbocycles. The van der Waals surface area contributed by atoms with Crippen molar-refractivity contribution in [2.24, 2.45) is 5.41 Å². The molecule has 5 heteroatoms. The van der Waals surface area contributed by atoms with Crippen LogP contribution in [0.3, 0.4) is 0 Å². The van der Waals surface area contributed by atoms with Crippen molar-refractivity contribution in [1.29, 1.82) is 0 Å². The molecule has 106 valence electrons. The molecule has 3 fully saturated rings. The van der Waals surface area contributed by atoms with Gasteiger partial charge in [0.1, 0.15) is 0 Å². The Kier molecular flexibility index (Phi) is 3.85. The molecule has 0 bridgehead atoms. The van der Waals surface area contributed by atoms with E-state index in [0.29, 0.717) is 13.0 Å². The first-order valence-electron chi connectivity index (χ1n) is 7.36. The van der Waals surface area contributed by atoms with Crippen LogP contribution in [0.4, 0.5) is 0 Å². The standard InChI is InChI=1S/C14H22N2O2S/c17-12-10-14(4-9-19-11-14)13(18)16(12)8-7-15-5-2-1-3-6-15/h1-11H2. The minimum atomic E-state index is -0.330. The van der Waals surface area contributed by atoms with Crippen molar-refractivity contribution in [2.45, 2.75) is 32.1 Å². The first-order valence-corrected chi connectivity index (χ1v) is 8.52. The number of likely N-dealkylation sites (tertiary alicyclic amines) is 2. The van der Waals surface area contributed by atoms with Crippen LogP contribution in [-0.4, -0.2) is 59.3 Å². The lowest BCUT2D eigenvalue weighted by atomic mass is 9.86. The smallest absolute Gasteiger partial charge is 0.236 e. The predicted molar refractivity (Wildman–Crippen MR) is 76.0 cm³/mol. The summed E-state index contributed by atoms with van der Waals surface area (Å²) < 4.78 is 0. The molecule has 19 heavy (non-hydrogen) atoms. The lowest BCUT2D eigenvalue weighted by molar-refractivity contribution is -0.141. The second-order valence-electron chi connectivity index (χ2n) is 6.01. The van der Waals surface area contributed by atoms with E-state index in [9.17, 15) is 9.59 Å². The summed E-state index contributed by atoms with van der Waals surface area (Å²) in [6.45, 7) is 3.71. The summed E-state index contributed by atoms with van der Waals surface area (Å²) in [4.78, 5) is 28.5. The maximum Gasteiger partial charge on any atom is 0.236 e. The molecule has 4 nitrogen and oxygen atoms in total. The normalized spacial score (nSPS) is 32.7. The number of nitrogens with zero attached hydrogens (tertiary/aromatic N) is 2. The van der Waals surface area contributed by atoms with Gasteiger partial charge in [0.05, 0.1) is 5.41 Å². The Morgan fingerprint density at radius 1 is 1.11 bits per heavy atom. The van der Waals surface area contributed by atoms with Crippen LogP contribution in [0.2, 0.25) is 0 Å². The first-order chi connectivity index (χ1) is 9.21. The Bertz CT molecular complexity index is 374. The molecule has 1 unspecified atom stereocenters. The molecule has 3 aliphatic heterocycles. The summed E-state index contributed by atoms with van der Waals surface area (Å²) in [6.07, 6.45) is 5.17. The van der Waals surface area contributed by atoms with Crippen LogP contribution in [0.1, 0.15) is 32.1 Å². The second kappa shape index (κ2) is 5.44. The highest BCUT2D eigenvalue weighted by atomic mass is 32.2. The average Bonchev–Trinajstić information content (AvgIpc) is 2.97. The number of imide groups is 1. The third kappa shape index (κ3) is 2.55. The molecule has 0 N–H and O–H groups in total. The first kappa shape index (κ1) is 13.4. The van der Waals surface area contributed by atoms with Crippen LogP contribution < -0.4 is 0 Å². The lowest BCUT2D eigenvalue weighted by Gasteiger charge is -2.28. The lowest BCUT2D eigenvalue weighted by Crippen LogP contribution is -2.42. The molecular formula is C14H22N2O2S. The van der Waals surface area contributed by atoms with Crippen molar-refractivity contribution in [2.75, 3.05) is 37.7 Å². The quantitative estimate of drug-likeness (QED) is 0.733. The largest absolute Gasteiger partial charge is 0.302 e. The highest BCUT2D eigenvalue weighted by Gasteiger charge is 2.52. The predicted octanol–water partition coefficient (Wildman–Crippen LogP) is 1.35. The molecule has 3 rings (SSSR count). The summed E-state index contributed by atoms with van der Waals surface area (Å²) in [6, 6.07) is 0. The Morgan fingerprint density at radius 3 is 2.58 bits per heavy atom. The molecule has 2 amide bonds. The number of piperidine rings is 1. The molecular weight excluding hydrogens is 260 g/mol. The van der Waals surface area contributed by atoms with E-state index in [4.69, 9.17) is 0 Å². The fourth-order valence-corrected chi connectivity index (χ4v) is 4.87. The zero-order chi connectivity index (χ0) is 13.3. The maximum absolute atomic E-state index is 12.5. The highest BCUT2D eigenvalue weighted by Crippen LogP contribution is 2.44. The molecule has 0 aromatic heterocycles. The number of hydrogen-bond acceptors (Lipinski definition) is 4. The number of amides is 2. The van der Waals surface area contributed by atoms with Gasteiger partial charge in [0.25, 0.3) is 0 Å². The molecule has 1 spiro atoms. The van der Waals surface area contributed by atoms with E-state index in [0.717, 1.165) is 37.6 Å². The van der Waals surface area contributed by atoms with Gasteiger partial charge in [0.2, 0.25) is 11.8 Å². The van der Waals surface area contributed by atoms with Crippen molar-refractivity contribution >= 4 is 23.6 Å². The average molecular weight is 282 g/mol. The minimum absolute atomic E-state index is 0.0597. The Labute approximate surface area is 118 Å². The molecule has 3 aliphatic rings. The van der Waals surface area contributed by atoms with Crippen LogP contribution in [0.25, 0.3) is 0 Å². The van der Waals surface area contributed by atoms with E-state index in [1.807, 2.05) is 11.8 Å². The van der Waals surface area contributed by atoms with Gasteiger partial charge in [-0.1, -0.05) is 6.42 Å². The zero-order valence-corrected chi connectivity index (χ0v) is 12.2. The number of rotatable bonds is 3. The molecule has 0 saturated carbocycles. The van der Waals surface area contributed by atoms with Gasteiger partial charge in [-0.3, -0.25) is 14.5 Å². The van der Waals surface area contributed by atoms with Crippen molar-refractivity contribution in [3.05, 3.63) is 0 Å². The van der Waals surface area contributed by atoms with E-state index in [1.54, 1.807) is 4.90 Å². The van der Waals surface area contributed by atoms with Gasteiger partial charge in [-0.15, -0.1) is 0 Å². The molecule has 0 radical (unpaired) electrons. The summed E-state index contributed by atoms with van der Waals surface area (Å²) in [7, 11) is 0. The van der Waals surface area contributed by atoms with Crippen molar-refractivity contribution in [3.63, 3.8) is 0 Å². The summed E-state index contributed by atoms with van der Waals surface area (Å²) in [5.41, 5.74) is -0.330. The van der Waals surface area contributed by atoms with Crippen LogP contribution >= 0.6 is 11.8 Å². The number of carbonyl (C=O) groups is 2. The molecule has 3 saturated heterocycles. The van der Waals surface area contributed by atoms with E-state index in [2.05, 4.69) is 4.90 Å². The van der Waals surface area contributed by atoms with Gasteiger partial charge in [0, 0.05) is 25.3 Å². The van der Waals surface area contributed by atoms with E-state index in [-0.39, 0.29) is 17.2 Å². The topological polar surface area (TPSA) is 40.6 Å². The number of thioether (sulfide) groups is 1. The number of carbonyl (C=O) groups excluding carboxylic acids is 2. The van der Waals surface area contributed by atoms with Crippen molar-refractivity contribution in [1.82, 2.24) is 9.80 Å². The minimum Gasteiger partial charge on any atom is -0.302 e.